The molecule has 0 bridgehead atoms. The molecule has 1 atom stereocenters. The molecule has 0 spiro atoms. The van der Waals surface area contributed by atoms with E-state index in [0.717, 1.165) is 16.3 Å². The molecule has 0 aromatic heterocycles. The van der Waals surface area contributed by atoms with E-state index < -0.39 is 17.9 Å². The van der Waals surface area contributed by atoms with Gasteiger partial charge in [-0.15, -0.1) is 0 Å². The number of primary amides is 1. The second-order valence-corrected chi connectivity index (χ2v) is 6.05. The number of carbonyl (C=O) groups excluding carboxylic acids is 2. The van der Waals surface area contributed by atoms with Crippen LogP contribution in [0.3, 0.4) is 0 Å². The summed E-state index contributed by atoms with van der Waals surface area (Å²) in [6.45, 7) is -0.278. The molecule has 4 N–H and O–H groups in total. The second kappa shape index (κ2) is 8.33. The summed E-state index contributed by atoms with van der Waals surface area (Å²) in [5.74, 6) is -0.778. The number of fused-ring (bicyclic) bond motifs is 1. The maximum atomic E-state index is 12.5. The van der Waals surface area contributed by atoms with Crippen molar-refractivity contribution < 1.29 is 19.4 Å². The molecule has 3 aromatic carbocycles. The highest BCUT2D eigenvalue weighted by Gasteiger charge is 2.16. The fourth-order valence-electron chi connectivity index (χ4n) is 2.86. The first-order valence-electron chi connectivity index (χ1n) is 8.50. The average molecular weight is 364 g/mol. The van der Waals surface area contributed by atoms with Gasteiger partial charge in [0, 0.05) is 6.54 Å². The van der Waals surface area contributed by atoms with Crippen LogP contribution in [0.1, 0.15) is 22.0 Å². The Bertz CT molecular complexity index is 966. The fraction of sp³-hybridized carbons (Fsp3) is 0.143. The first-order chi connectivity index (χ1) is 13.1. The third kappa shape index (κ3) is 4.43. The molecule has 2 amide bonds. The van der Waals surface area contributed by atoms with Crippen LogP contribution < -0.4 is 15.8 Å². The lowest BCUT2D eigenvalue weighted by molar-refractivity contribution is -0.119. The van der Waals surface area contributed by atoms with E-state index in [4.69, 9.17) is 10.5 Å². The van der Waals surface area contributed by atoms with Crippen molar-refractivity contribution in [3.05, 3.63) is 77.9 Å². The van der Waals surface area contributed by atoms with Gasteiger partial charge in [0.15, 0.2) is 6.61 Å². The minimum Gasteiger partial charge on any atom is -0.483 e. The number of hydrogen-bond donors (Lipinski definition) is 3. The summed E-state index contributed by atoms with van der Waals surface area (Å²) in [5, 5.41) is 15.2. The summed E-state index contributed by atoms with van der Waals surface area (Å²) < 4.78 is 5.27. The Morgan fingerprint density at radius 3 is 2.52 bits per heavy atom. The first-order valence-corrected chi connectivity index (χ1v) is 8.50. The fourth-order valence-corrected chi connectivity index (χ4v) is 2.86. The van der Waals surface area contributed by atoms with Gasteiger partial charge in [0.2, 0.25) is 0 Å². The van der Waals surface area contributed by atoms with Crippen molar-refractivity contribution in [2.75, 3.05) is 13.2 Å². The zero-order valence-corrected chi connectivity index (χ0v) is 14.6. The Morgan fingerprint density at radius 1 is 1.00 bits per heavy atom. The summed E-state index contributed by atoms with van der Waals surface area (Å²) in [6.07, 6.45) is -0.862. The Morgan fingerprint density at radius 2 is 1.70 bits per heavy atom. The van der Waals surface area contributed by atoms with Crippen molar-refractivity contribution in [3.8, 4) is 5.75 Å². The van der Waals surface area contributed by atoms with Crippen LogP contribution in [0, 0.1) is 0 Å². The molecule has 138 valence electrons. The molecule has 6 heteroatoms. The van der Waals surface area contributed by atoms with Crippen LogP contribution in [0.15, 0.2) is 66.7 Å². The van der Waals surface area contributed by atoms with E-state index in [1.807, 2.05) is 42.5 Å². The smallest absolute Gasteiger partial charge is 0.255 e. The zero-order valence-electron chi connectivity index (χ0n) is 14.6. The number of para-hydroxylation sites is 1. The van der Waals surface area contributed by atoms with E-state index in [2.05, 4.69) is 5.32 Å². The Labute approximate surface area is 156 Å². The van der Waals surface area contributed by atoms with Gasteiger partial charge in [-0.05, 0) is 28.5 Å². The molecule has 3 rings (SSSR count). The van der Waals surface area contributed by atoms with Gasteiger partial charge >= 0.3 is 0 Å². The summed E-state index contributed by atoms with van der Waals surface area (Å²) in [6, 6.07) is 20.0. The predicted octanol–water partition coefficient (Wildman–Crippen LogP) is 2.17. The normalized spacial score (nSPS) is 11.7. The van der Waals surface area contributed by atoms with Crippen LogP contribution >= 0.6 is 0 Å². The first kappa shape index (κ1) is 18.4. The van der Waals surface area contributed by atoms with Gasteiger partial charge in [0.25, 0.3) is 11.8 Å². The van der Waals surface area contributed by atoms with Crippen molar-refractivity contribution in [2.45, 2.75) is 6.10 Å². The molecular formula is C21H20N2O4. The number of hydrogen-bond acceptors (Lipinski definition) is 4. The summed E-state index contributed by atoms with van der Waals surface area (Å²) in [7, 11) is 0. The van der Waals surface area contributed by atoms with E-state index in [9.17, 15) is 14.7 Å². The maximum Gasteiger partial charge on any atom is 0.255 e. The molecule has 1 unspecified atom stereocenters. The van der Waals surface area contributed by atoms with Gasteiger partial charge in [0.1, 0.15) is 5.75 Å². The van der Waals surface area contributed by atoms with Crippen molar-refractivity contribution in [1.82, 2.24) is 5.32 Å². The van der Waals surface area contributed by atoms with Gasteiger partial charge in [-0.2, -0.15) is 0 Å². The third-order valence-electron chi connectivity index (χ3n) is 4.14. The number of nitrogens with one attached hydrogen (secondary N) is 1. The van der Waals surface area contributed by atoms with Crippen LogP contribution in [0.2, 0.25) is 0 Å². The lowest BCUT2D eigenvalue weighted by Crippen LogP contribution is -2.29. The van der Waals surface area contributed by atoms with Crippen LogP contribution in [0.5, 0.6) is 5.75 Å². The van der Waals surface area contributed by atoms with Crippen LogP contribution in [-0.4, -0.2) is 30.1 Å². The highest BCUT2D eigenvalue weighted by molar-refractivity contribution is 5.97. The standard InChI is InChI=1S/C21H20N2O4/c22-20(25)13-27-19-11-4-3-9-17(19)21(26)23-12-18(24)16-10-5-7-14-6-1-2-8-15(14)16/h1-11,18,24H,12-13H2,(H2,22,25)(H,23,26). The zero-order chi connectivity index (χ0) is 19.2. The van der Waals surface area contributed by atoms with Crippen molar-refractivity contribution in [2.24, 2.45) is 5.73 Å². The van der Waals surface area contributed by atoms with Gasteiger partial charge in [0.05, 0.1) is 11.7 Å². The molecule has 27 heavy (non-hydrogen) atoms. The second-order valence-electron chi connectivity index (χ2n) is 6.05. The number of rotatable bonds is 7. The molecule has 0 aliphatic heterocycles. The molecule has 0 saturated heterocycles. The Hall–Kier alpha value is -3.38. The van der Waals surface area contributed by atoms with E-state index in [1.54, 1.807) is 24.3 Å². The number of ether oxygens (including phenoxy) is 1. The maximum absolute atomic E-state index is 12.5. The quantitative estimate of drug-likeness (QED) is 0.598. The molecule has 0 aliphatic rings. The molecule has 0 aliphatic carbocycles. The highest BCUT2D eigenvalue weighted by atomic mass is 16.5. The average Bonchev–Trinajstić information content (AvgIpc) is 2.70. The van der Waals surface area contributed by atoms with Crippen molar-refractivity contribution >= 4 is 22.6 Å². The van der Waals surface area contributed by atoms with Crippen LogP contribution in [0.25, 0.3) is 10.8 Å². The molecule has 0 radical (unpaired) electrons. The van der Waals surface area contributed by atoms with E-state index in [0.29, 0.717) is 0 Å². The lowest BCUT2D eigenvalue weighted by Gasteiger charge is -2.16. The third-order valence-corrected chi connectivity index (χ3v) is 4.14. The predicted molar refractivity (Wildman–Crippen MR) is 102 cm³/mol. The van der Waals surface area contributed by atoms with Gasteiger partial charge < -0.3 is 20.9 Å². The summed E-state index contributed by atoms with van der Waals surface area (Å²) in [4.78, 5) is 23.4. The Kier molecular flexibility index (Phi) is 5.68. The van der Waals surface area contributed by atoms with E-state index in [-0.39, 0.29) is 24.5 Å². The number of nitrogens with two attached hydrogens (primary N) is 1. The summed E-state index contributed by atoms with van der Waals surface area (Å²) in [5.41, 5.74) is 6.09. The minimum absolute atomic E-state index is 0.0387. The van der Waals surface area contributed by atoms with Gasteiger partial charge in [-0.25, -0.2) is 0 Å². The molecule has 6 nitrogen and oxygen atoms in total. The van der Waals surface area contributed by atoms with Crippen LogP contribution in [0.4, 0.5) is 0 Å². The monoisotopic (exact) mass is 364 g/mol. The molecule has 0 heterocycles. The number of amides is 2. The van der Waals surface area contributed by atoms with Crippen molar-refractivity contribution in [3.63, 3.8) is 0 Å². The van der Waals surface area contributed by atoms with E-state index >= 15 is 0 Å². The van der Waals surface area contributed by atoms with Crippen molar-refractivity contribution in [1.29, 1.82) is 0 Å². The lowest BCUT2D eigenvalue weighted by atomic mass is 10.0. The number of aliphatic hydroxyl groups excluding tert-OH is 1. The molecular weight excluding hydrogens is 344 g/mol. The SMILES string of the molecule is NC(=O)COc1ccccc1C(=O)NCC(O)c1cccc2ccccc12. The van der Waals surface area contributed by atoms with Gasteiger partial charge in [-0.1, -0.05) is 54.6 Å². The van der Waals surface area contributed by atoms with Crippen LogP contribution in [-0.2, 0) is 4.79 Å². The molecule has 0 saturated carbocycles. The highest BCUT2D eigenvalue weighted by Crippen LogP contribution is 2.24. The van der Waals surface area contributed by atoms with E-state index in [1.165, 1.54) is 0 Å². The van der Waals surface area contributed by atoms with Gasteiger partial charge in [-0.3, -0.25) is 9.59 Å². The topological polar surface area (TPSA) is 102 Å². The number of carbonyl (C=O) groups is 2. The molecule has 3 aromatic rings. The largest absolute Gasteiger partial charge is 0.483 e. The Balaban J connectivity index is 1.71. The summed E-state index contributed by atoms with van der Waals surface area (Å²) >= 11 is 0. The molecule has 0 fully saturated rings. The number of aliphatic hydroxyl groups is 1. The number of benzene rings is 3. The minimum atomic E-state index is -0.862.